The second-order valence-corrected chi connectivity index (χ2v) is 4.21. The minimum atomic E-state index is -0.850. The van der Waals surface area contributed by atoms with Crippen molar-refractivity contribution in [1.82, 2.24) is 9.97 Å². The molecule has 6 nitrogen and oxygen atoms in total. The largest absolute Gasteiger partial charge is 0.481 e. The van der Waals surface area contributed by atoms with Crippen LogP contribution in [-0.4, -0.2) is 33.4 Å². The number of oxime groups is 1. The maximum Gasteiger partial charge on any atom is 0.303 e. The van der Waals surface area contributed by atoms with Gasteiger partial charge in [-0.1, -0.05) is 35.5 Å². The lowest BCUT2D eigenvalue weighted by atomic mass is 10.1. The number of nitrogens with zero attached hydrogens (tertiary/aromatic N) is 3. The van der Waals surface area contributed by atoms with E-state index in [-0.39, 0.29) is 13.0 Å². The number of carbonyl (C=O) groups is 1. The zero-order valence-corrected chi connectivity index (χ0v) is 11.3. The molecule has 0 radical (unpaired) electrons. The van der Waals surface area contributed by atoms with Crippen molar-refractivity contribution in [2.45, 2.75) is 12.8 Å². The maximum absolute atomic E-state index is 10.4. The number of hydrogen-bond donors (Lipinski definition) is 1. The molecule has 21 heavy (non-hydrogen) atoms. The van der Waals surface area contributed by atoms with Gasteiger partial charge in [-0.25, -0.2) is 9.97 Å². The number of aliphatic carboxylic acids is 1. The minimum absolute atomic E-state index is 0.0536. The fraction of sp³-hybridized carbons (Fsp3) is 0.200. The lowest BCUT2D eigenvalue weighted by Gasteiger charge is -2.05. The lowest BCUT2D eigenvalue weighted by Crippen LogP contribution is -2.09. The summed E-state index contributed by atoms with van der Waals surface area (Å²) in [5, 5.41) is 12.6. The van der Waals surface area contributed by atoms with Crippen LogP contribution in [0.1, 0.15) is 24.2 Å². The normalized spacial score (nSPS) is 11.1. The Morgan fingerprint density at radius 1 is 1.14 bits per heavy atom. The van der Waals surface area contributed by atoms with E-state index in [9.17, 15) is 4.79 Å². The number of hydrogen-bond acceptors (Lipinski definition) is 5. The molecule has 1 heterocycles. The molecule has 0 bridgehead atoms. The molecule has 2 aromatic rings. The molecule has 0 fully saturated rings. The first-order valence-electron chi connectivity index (χ1n) is 6.52. The molecule has 0 saturated carbocycles. The summed E-state index contributed by atoms with van der Waals surface area (Å²) < 4.78 is 0. The molecule has 0 aliphatic carbocycles. The van der Waals surface area contributed by atoms with Gasteiger partial charge in [-0.2, -0.15) is 0 Å². The summed E-state index contributed by atoms with van der Waals surface area (Å²) in [6.07, 6.45) is 3.71. The van der Waals surface area contributed by atoms with Crippen LogP contribution in [0.3, 0.4) is 0 Å². The highest BCUT2D eigenvalue weighted by Crippen LogP contribution is 2.07. The van der Waals surface area contributed by atoms with Crippen LogP contribution in [0.4, 0.5) is 0 Å². The van der Waals surface area contributed by atoms with Gasteiger partial charge < -0.3 is 9.94 Å². The Morgan fingerprint density at radius 3 is 2.52 bits per heavy atom. The fourth-order valence-electron chi connectivity index (χ4n) is 1.64. The van der Waals surface area contributed by atoms with E-state index < -0.39 is 5.97 Å². The number of aromatic nitrogens is 2. The van der Waals surface area contributed by atoms with E-state index in [1.165, 1.54) is 0 Å². The van der Waals surface area contributed by atoms with Gasteiger partial charge in [0, 0.05) is 24.4 Å². The van der Waals surface area contributed by atoms with Crippen molar-refractivity contribution in [3.05, 3.63) is 60.2 Å². The molecule has 0 aliphatic heterocycles. The standard InChI is InChI=1S/C15H15N3O3/c19-13(20)8-4-11-21-18-14(12-6-2-1-3-7-12)15-16-9-5-10-17-15/h1-3,5-7,9-10H,4,8,11H2,(H,19,20)/b18-14-. The van der Waals surface area contributed by atoms with Gasteiger partial charge in [0.05, 0.1) is 0 Å². The second-order valence-electron chi connectivity index (χ2n) is 4.21. The van der Waals surface area contributed by atoms with Gasteiger partial charge in [-0.3, -0.25) is 4.79 Å². The molecule has 6 heteroatoms. The summed E-state index contributed by atoms with van der Waals surface area (Å²) >= 11 is 0. The van der Waals surface area contributed by atoms with Gasteiger partial charge >= 0.3 is 5.97 Å². The predicted molar refractivity (Wildman–Crippen MR) is 76.9 cm³/mol. The molecule has 0 aliphatic rings. The maximum atomic E-state index is 10.4. The van der Waals surface area contributed by atoms with Crippen LogP contribution >= 0.6 is 0 Å². The molecule has 0 unspecified atom stereocenters. The average Bonchev–Trinajstić information content (AvgIpc) is 2.52. The summed E-state index contributed by atoms with van der Waals surface area (Å²) in [7, 11) is 0. The highest BCUT2D eigenvalue weighted by molar-refractivity contribution is 6.10. The summed E-state index contributed by atoms with van der Waals surface area (Å²) in [5.41, 5.74) is 1.36. The van der Waals surface area contributed by atoms with E-state index in [4.69, 9.17) is 9.94 Å². The van der Waals surface area contributed by atoms with E-state index in [0.29, 0.717) is 18.0 Å². The fourth-order valence-corrected chi connectivity index (χ4v) is 1.64. The monoisotopic (exact) mass is 285 g/mol. The van der Waals surface area contributed by atoms with Crippen LogP contribution in [-0.2, 0) is 9.63 Å². The van der Waals surface area contributed by atoms with Gasteiger partial charge in [0.15, 0.2) is 11.5 Å². The second kappa shape index (κ2) is 7.74. The summed E-state index contributed by atoms with van der Waals surface area (Å²) in [6.45, 7) is 0.232. The third-order valence-electron chi connectivity index (χ3n) is 2.61. The van der Waals surface area contributed by atoms with Crippen LogP contribution < -0.4 is 0 Å². The zero-order valence-electron chi connectivity index (χ0n) is 11.3. The Hall–Kier alpha value is -2.76. The van der Waals surface area contributed by atoms with Gasteiger partial charge in [0.1, 0.15) is 6.61 Å². The van der Waals surface area contributed by atoms with Crippen LogP contribution in [0.5, 0.6) is 0 Å². The van der Waals surface area contributed by atoms with Crippen molar-refractivity contribution in [2.24, 2.45) is 5.16 Å². The van der Waals surface area contributed by atoms with Gasteiger partial charge in [-0.05, 0) is 12.5 Å². The summed E-state index contributed by atoms with van der Waals surface area (Å²) in [6, 6.07) is 11.2. The molecular formula is C15H15N3O3. The molecule has 1 N–H and O–H groups in total. The highest BCUT2D eigenvalue weighted by atomic mass is 16.6. The zero-order chi connectivity index (χ0) is 14.9. The van der Waals surface area contributed by atoms with E-state index in [1.807, 2.05) is 30.3 Å². The third kappa shape index (κ3) is 4.68. The number of carboxylic acids is 1. The molecule has 2 rings (SSSR count). The average molecular weight is 285 g/mol. The highest BCUT2D eigenvalue weighted by Gasteiger charge is 2.10. The first-order chi connectivity index (χ1) is 10.3. The van der Waals surface area contributed by atoms with Crippen LogP contribution in [0.15, 0.2) is 53.9 Å². The van der Waals surface area contributed by atoms with Crippen molar-refractivity contribution in [3.8, 4) is 0 Å². The van der Waals surface area contributed by atoms with Crippen molar-refractivity contribution < 1.29 is 14.7 Å². The molecule has 1 aromatic carbocycles. The molecule has 1 aromatic heterocycles. The van der Waals surface area contributed by atoms with Crippen molar-refractivity contribution in [3.63, 3.8) is 0 Å². The van der Waals surface area contributed by atoms with Crippen molar-refractivity contribution >= 4 is 11.7 Å². The Kier molecular flexibility index (Phi) is 5.40. The first kappa shape index (κ1) is 14.6. The van der Waals surface area contributed by atoms with Crippen LogP contribution in [0.2, 0.25) is 0 Å². The third-order valence-corrected chi connectivity index (χ3v) is 2.61. The Balaban J connectivity index is 2.11. The topological polar surface area (TPSA) is 84.7 Å². The Labute approximate surface area is 122 Å². The molecule has 0 atom stereocenters. The van der Waals surface area contributed by atoms with Crippen LogP contribution in [0.25, 0.3) is 0 Å². The van der Waals surface area contributed by atoms with Crippen molar-refractivity contribution in [1.29, 1.82) is 0 Å². The molecule has 0 spiro atoms. The molecule has 0 amide bonds. The predicted octanol–water partition coefficient (Wildman–Crippen LogP) is 2.11. The van der Waals surface area contributed by atoms with E-state index in [0.717, 1.165) is 5.56 Å². The lowest BCUT2D eigenvalue weighted by molar-refractivity contribution is -0.137. The number of benzene rings is 1. The number of carboxylic acid groups (broad SMARTS) is 1. The smallest absolute Gasteiger partial charge is 0.303 e. The van der Waals surface area contributed by atoms with E-state index in [2.05, 4.69) is 15.1 Å². The number of rotatable bonds is 7. The Morgan fingerprint density at radius 2 is 1.86 bits per heavy atom. The van der Waals surface area contributed by atoms with Crippen molar-refractivity contribution in [2.75, 3.05) is 6.61 Å². The molecule has 0 saturated heterocycles. The van der Waals surface area contributed by atoms with Crippen LogP contribution in [0, 0.1) is 0 Å². The van der Waals surface area contributed by atoms with Gasteiger partial charge in [-0.15, -0.1) is 0 Å². The Bertz CT molecular complexity index is 559. The quantitative estimate of drug-likeness (QED) is 0.478. The van der Waals surface area contributed by atoms with E-state index >= 15 is 0 Å². The van der Waals surface area contributed by atoms with Gasteiger partial charge in [0.2, 0.25) is 0 Å². The SMILES string of the molecule is O=C(O)CCCO/N=C(/c1ccccc1)c1ncccn1. The molecular weight excluding hydrogens is 270 g/mol. The molecule has 108 valence electrons. The summed E-state index contributed by atoms with van der Waals surface area (Å²) in [4.78, 5) is 24.0. The van der Waals surface area contributed by atoms with Gasteiger partial charge in [0.25, 0.3) is 0 Å². The first-order valence-corrected chi connectivity index (χ1v) is 6.52. The van der Waals surface area contributed by atoms with E-state index in [1.54, 1.807) is 18.5 Å². The minimum Gasteiger partial charge on any atom is -0.481 e. The summed E-state index contributed by atoms with van der Waals surface area (Å²) in [5.74, 6) is -0.390.